The molecule has 0 fully saturated rings. The molecule has 6 nitrogen and oxygen atoms in total. The van der Waals surface area contributed by atoms with Crippen molar-refractivity contribution in [2.45, 2.75) is 32.2 Å². The molecule has 0 bridgehead atoms. The molecule has 1 unspecified atom stereocenters. The normalized spacial score (nSPS) is 11.5. The Hall–Kier alpha value is -2.89. The SMILES string of the molecule is COc1cc(CCC(C)NC(=O)Cc2ccc(OC)c(OC)c2)cc(OC)c1. The third-order valence-electron chi connectivity index (χ3n) is 4.50. The molecule has 0 saturated heterocycles. The van der Waals surface area contributed by atoms with E-state index in [1.54, 1.807) is 34.5 Å². The van der Waals surface area contributed by atoms with Crippen LogP contribution < -0.4 is 24.3 Å². The fourth-order valence-electron chi connectivity index (χ4n) is 2.97. The summed E-state index contributed by atoms with van der Waals surface area (Å²) in [6.07, 6.45) is 1.91. The maximum absolute atomic E-state index is 12.4. The summed E-state index contributed by atoms with van der Waals surface area (Å²) in [5.74, 6) is 2.77. The van der Waals surface area contributed by atoms with Crippen LogP contribution >= 0.6 is 0 Å². The Bertz CT molecular complexity index is 768. The van der Waals surface area contributed by atoms with Gasteiger partial charge in [-0.15, -0.1) is 0 Å². The first-order valence-electron chi connectivity index (χ1n) is 9.21. The molecule has 1 atom stereocenters. The van der Waals surface area contributed by atoms with Crippen LogP contribution in [0.5, 0.6) is 23.0 Å². The van der Waals surface area contributed by atoms with Gasteiger partial charge in [0, 0.05) is 12.1 Å². The van der Waals surface area contributed by atoms with Crippen molar-refractivity contribution in [1.82, 2.24) is 5.32 Å². The Morgan fingerprint density at radius 2 is 1.50 bits per heavy atom. The molecule has 28 heavy (non-hydrogen) atoms. The van der Waals surface area contributed by atoms with Crippen LogP contribution in [0, 0.1) is 0 Å². The average molecular weight is 387 g/mol. The Morgan fingerprint density at radius 1 is 0.857 bits per heavy atom. The van der Waals surface area contributed by atoms with Crippen molar-refractivity contribution in [2.75, 3.05) is 28.4 Å². The molecule has 1 N–H and O–H groups in total. The summed E-state index contributed by atoms with van der Waals surface area (Å²) in [6.45, 7) is 2.00. The first-order chi connectivity index (χ1) is 13.5. The lowest BCUT2D eigenvalue weighted by molar-refractivity contribution is -0.121. The van der Waals surface area contributed by atoms with Crippen LogP contribution in [-0.4, -0.2) is 40.4 Å². The largest absolute Gasteiger partial charge is 0.497 e. The number of carbonyl (C=O) groups is 1. The van der Waals surface area contributed by atoms with Crippen LogP contribution in [-0.2, 0) is 17.6 Å². The molecule has 0 saturated carbocycles. The Kier molecular flexibility index (Phi) is 7.99. The van der Waals surface area contributed by atoms with Gasteiger partial charge in [-0.3, -0.25) is 4.79 Å². The van der Waals surface area contributed by atoms with E-state index in [1.165, 1.54) is 0 Å². The molecule has 2 rings (SSSR count). The van der Waals surface area contributed by atoms with E-state index in [-0.39, 0.29) is 18.4 Å². The van der Waals surface area contributed by atoms with E-state index in [4.69, 9.17) is 18.9 Å². The van der Waals surface area contributed by atoms with Crippen molar-refractivity contribution in [3.05, 3.63) is 47.5 Å². The highest BCUT2D eigenvalue weighted by Gasteiger charge is 2.12. The lowest BCUT2D eigenvalue weighted by Crippen LogP contribution is -2.34. The van der Waals surface area contributed by atoms with Gasteiger partial charge in [-0.05, 0) is 55.2 Å². The van der Waals surface area contributed by atoms with E-state index < -0.39 is 0 Å². The van der Waals surface area contributed by atoms with Gasteiger partial charge >= 0.3 is 0 Å². The van der Waals surface area contributed by atoms with E-state index >= 15 is 0 Å². The van der Waals surface area contributed by atoms with Gasteiger partial charge in [-0.1, -0.05) is 6.07 Å². The van der Waals surface area contributed by atoms with Gasteiger partial charge in [-0.2, -0.15) is 0 Å². The van der Waals surface area contributed by atoms with Crippen molar-refractivity contribution in [2.24, 2.45) is 0 Å². The summed E-state index contributed by atoms with van der Waals surface area (Å²) in [4.78, 5) is 12.4. The van der Waals surface area contributed by atoms with Gasteiger partial charge in [0.25, 0.3) is 0 Å². The van der Waals surface area contributed by atoms with Crippen molar-refractivity contribution in [1.29, 1.82) is 0 Å². The Morgan fingerprint density at radius 3 is 2.07 bits per heavy atom. The summed E-state index contributed by atoms with van der Waals surface area (Å²) < 4.78 is 21.1. The summed E-state index contributed by atoms with van der Waals surface area (Å²) in [7, 11) is 6.44. The number of ether oxygens (including phenoxy) is 4. The van der Waals surface area contributed by atoms with Gasteiger partial charge in [-0.25, -0.2) is 0 Å². The van der Waals surface area contributed by atoms with Crippen LogP contribution in [0.1, 0.15) is 24.5 Å². The molecular formula is C22H29NO5. The van der Waals surface area contributed by atoms with E-state index in [1.807, 2.05) is 37.3 Å². The second-order valence-electron chi connectivity index (χ2n) is 6.59. The third-order valence-corrected chi connectivity index (χ3v) is 4.50. The second kappa shape index (κ2) is 10.4. The molecule has 0 spiro atoms. The standard InChI is InChI=1S/C22H29NO5/c1-15(6-7-16-10-18(25-2)14-19(11-16)26-3)23-22(24)13-17-8-9-20(27-4)21(12-17)28-5/h8-12,14-15H,6-7,13H2,1-5H3,(H,23,24). The maximum atomic E-state index is 12.4. The highest BCUT2D eigenvalue weighted by atomic mass is 16.5. The molecule has 152 valence electrons. The maximum Gasteiger partial charge on any atom is 0.224 e. The fraction of sp³-hybridized carbons (Fsp3) is 0.409. The molecular weight excluding hydrogens is 358 g/mol. The van der Waals surface area contributed by atoms with Gasteiger partial charge < -0.3 is 24.3 Å². The summed E-state index contributed by atoms with van der Waals surface area (Å²) in [6, 6.07) is 11.4. The van der Waals surface area contributed by atoms with Crippen LogP contribution in [0.3, 0.4) is 0 Å². The van der Waals surface area contributed by atoms with Crippen molar-refractivity contribution in [3.8, 4) is 23.0 Å². The minimum atomic E-state index is -0.0251. The Labute approximate surface area is 166 Å². The molecule has 0 radical (unpaired) electrons. The lowest BCUT2D eigenvalue weighted by atomic mass is 10.0. The molecule has 0 aliphatic rings. The number of nitrogens with one attached hydrogen (secondary N) is 1. The zero-order valence-corrected chi connectivity index (χ0v) is 17.2. The highest BCUT2D eigenvalue weighted by Crippen LogP contribution is 2.27. The van der Waals surface area contributed by atoms with Gasteiger partial charge in [0.1, 0.15) is 11.5 Å². The fourth-order valence-corrected chi connectivity index (χ4v) is 2.97. The highest BCUT2D eigenvalue weighted by molar-refractivity contribution is 5.79. The Balaban J connectivity index is 1.89. The number of hydrogen-bond donors (Lipinski definition) is 1. The second-order valence-corrected chi connectivity index (χ2v) is 6.59. The number of methoxy groups -OCH3 is 4. The topological polar surface area (TPSA) is 66.0 Å². The molecule has 2 aromatic rings. The van der Waals surface area contributed by atoms with Crippen molar-refractivity contribution < 1.29 is 23.7 Å². The van der Waals surface area contributed by atoms with Crippen LogP contribution in [0.2, 0.25) is 0 Å². The van der Waals surface area contributed by atoms with E-state index in [9.17, 15) is 4.79 Å². The summed E-state index contributed by atoms with van der Waals surface area (Å²) in [5.41, 5.74) is 1.98. The van der Waals surface area contributed by atoms with Crippen molar-refractivity contribution in [3.63, 3.8) is 0 Å². The number of benzene rings is 2. The van der Waals surface area contributed by atoms with E-state index in [2.05, 4.69) is 5.32 Å². The van der Waals surface area contributed by atoms with Crippen molar-refractivity contribution >= 4 is 5.91 Å². The minimum absolute atomic E-state index is 0.0251. The van der Waals surface area contributed by atoms with Crippen LogP contribution in [0.25, 0.3) is 0 Å². The van der Waals surface area contributed by atoms with E-state index in [0.717, 1.165) is 35.5 Å². The van der Waals surface area contributed by atoms with Crippen LogP contribution in [0.4, 0.5) is 0 Å². The molecule has 2 aromatic carbocycles. The number of rotatable bonds is 10. The monoisotopic (exact) mass is 387 g/mol. The summed E-state index contributed by atoms with van der Waals surface area (Å²) >= 11 is 0. The molecule has 0 aliphatic carbocycles. The third kappa shape index (κ3) is 6.08. The predicted octanol–water partition coefficient (Wildman–Crippen LogP) is 3.40. The molecule has 0 aliphatic heterocycles. The van der Waals surface area contributed by atoms with Gasteiger partial charge in [0.15, 0.2) is 11.5 Å². The minimum Gasteiger partial charge on any atom is -0.497 e. The number of aryl methyl sites for hydroxylation is 1. The first-order valence-corrected chi connectivity index (χ1v) is 9.21. The molecule has 6 heteroatoms. The summed E-state index contributed by atoms with van der Waals surface area (Å²) in [5, 5.41) is 3.05. The van der Waals surface area contributed by atoms with Crippen LogP contribution in [0.15, 0.2) is 36.4 Å². The van der Waals surface area contributed by atoms with E-state index in [0.29, 0.717) is 11.5 Å². The molecule has 1 amide bonds. The van der Waals surface area contributed by atoms with Gasteiger partial charge in [0.05, 0.1) is 34.9 Å². The average Bonchev–Trinajstić information content (AvgIpc) is 2.71. The quantitative estimate of drug-likeness (QED) is 0.677. The number of hydrogen-bond acceptors (Lipinski definition) is 5. The predicted molar refractivity (Wildman–Crippen MR) is 109 cm³/mol. The number of amides is 1. The zero-order valence-electron chi connectivity index (χ0n) is 17.2. The zero-order chi connectivity index (χ0) is 20.5. The smallest absolute Gasteiger partial charge is 0.224 e. The molecule has 0 heterocycles. The van der Waals surface area contributed by atoms with Gasteiger partial charge in [0.2, 0.25) is 5.91 Å². The number of carbonyl (C=O) groups excluding carboxylic acids is 1. The first kappa shape index (κ1) is 21.4. The lowest BCUT2D eigenvalue weighted by Gasteiger charge is -2.15. The molecule has 0 aromatic heterocycles.